The van der Waals surface area contributed by atoms with Crippen molar-refractivity contribution in [1.82, 2.24) is 4.98 Å². The summed E-state index contributed by atoms with van der Waals surface area (Å²) >= 11 is 4.58. The molecule has 1 N–H and O–H groups in total. The smallest absolute Gasteiger partial charge is 0.270 e. The molecule has 0 atom stereocenters. The van der Waals surface area contributed by atoms with Crippen LogP contribution in [0, 0.1) is 10.1 Å². The van der Waals surface area contributed by atoms with Crippen molar-refractivity contribution in [1.29, 1.82) is 0 Å². The van der Waals surface area contributed by atoms with E-state index in [0.717, 1.165) is 10.0 Å². The summed E-state index contributed by atoms with van der Waals surface area (Å²) in [6.07, 6.45) is 3.04. The first-order chi connectivity index (χ1) is 13.0. The van der Waals surface area contributed by atoms with Gasteiger partial charge in [-0.2, -0.15) is 0 Å². The van der Waals surface area contributed by atoms with Gasteiger partial charge in [-0.1, -0.05) is 27.3 Å². The lowest BCUT2D eigenvalue weighted by molar-refractivity contribution is -0.384. The fourth-order valence-corrected chi connectivity index (χ4v) is 3.61. The van der Waals surface area contributed by atoms with E-state index in [1.54, 1.807) is 12.1 Å². The molecule has 0 aliphatic rings. The van der Waals surface area contributed by atoms with Crippen LogP contribution in [0.2, 0.25) is 0 Å². The fraction of sp³-hybridized carbons (Fsp3) is 0.111. The first-order valence-electron chi connectivity index (χ1n) is 7.92. The number of amides is 1. The van der Waals surface area contributed by atoms with Crippen LogP contribution in [0.4, 0.5) is 10.8 Å². The Balaban J connectivity index is 1.76. The molecule has 3 aromatic rings. The summed E-state index contributed by atoms with van der Waals surface area (Å²) in [4.78, 5) is 26.8. The summed E-state index contributed by atoms with van der Waals surface area (Å²) in [5.74, 6) is 0.322. The number of carbonyl (C=O) groups is 1. The highest BCUT2D eigenvalue weighted by atomic mass is 79.9. The molecule has 0 saturated heterocycles. The Morgan fingerprint density at radius 2 is 2.19 bits per heavy atom. The lowest BCUT2D eigenvalue weighted by Crippen LogP contribution is -2.07. The van der Waals surface area contributed by atoms with Gasteiger partial charge in [-0.3, -0.25) is 20.2 Å². The van der Waals surface area contributed by atoms with Gasteiger partial charge >= 0.3 is 0 Å². The van der Waals surface area contributed by atoms with Crippen LogP contribution in [0.5, 0.6) is 5.75 Å². The molecule has 1 aromatic heterocycles. The van der Waals surface area contributed by atoms with Gasteiger partial charge in [-0.15, -0.1) is 0 Å². The molecule has 138 valence electrons. The van der Waals surface area contributed by atoms with Crippen molar-refractivity contribution >= 4 is 60.3 Å². The molecule has 0 fully saturated rings. The Hall–Kier alpha value is -2.78. The van der Waals surface area contributed by atoms with Crippen LogP contribution in [-0.4, -0.2) is 22.4 Å². The lowest BCUT2D eigenvalue weighted by Gasteiger charge is -2.07. The highest BCUT2D eigenvalue weighted by molar-refractivity contribution is 9.10. The van der Waals surface area contributed by atoms with Crippen molar-refractivity contribution in [2.24, 2.45) is 0 Å². The summed E-state index contributed by atoms with van der Waals surface area (Å²) in [6, 6.07) is 9.93. The van der Waals surface area contributed by atoms with Crippen LogP contribution in [0.1, 0.15) is 12.5 Å². The number of ether oxygens (including phenoxy) is 1. The van der Waals surface area contributed by atoms with Gasteiger partial charge in [-0.05, 0) is 37.3 Å². The number of nitrogens with zero attached hydrogens (tertiary/aromatic N) is 2. The van der Waals surface area contributed by atoms with Crippen LogP contribution >= 0.6 is 27.3 Å². The van der Waals surface area contributed by atoms with Crippen molar-refractivity contribution < 1.29 is 14.5 Å². The average molecular weight is 448 g/mol. The van der Waals surface area contributed by atoms with Gasteiger partial charge in [0.25, 0.3) is 5.69 Å². The number of aromatic nitrogens is 1. The predicted octanol–water partition coefficient (Wildman–Crippen LogP) is 5.02. The van der Waals surface area contributed by atoms with E-state index in [4.69, 9.17) is 4.74 Å². The third kappa shape index (κ3) is 4.69. The third-order valence-corrected chi connectivity index (χ3v) is 4.93. The molecule has 2 aromatic carbocycles. The molecule has 0 radical (unpaired) electrons. The topological polar surface area (TPSA) is 94.4 Å². The molecule has 0 aliphatic carbocycles. The van der Waals surface area contributed by atoms with Gasteiger partial charge in [0.2, 0.25) is 5.91 Å². The number of rotatable bonds is 6. The molecule has 0 saturated carbocycles. The number of benzene rings is 2. The van der Waals surface area contributed by atoms with E-state index in [2.05, 4.69) is 26.2 Å². The molecule has 7 nitrogen and oxygen atoms in total. The van der Waals surface area contributed by atoms with E-state index >= 15 is 0 Å². The first-order valence-corrected chi connectivity index (χ1v) is 9.53. The number of hydrogen-bond acceptors (Lipinski definition) is 6. The minimum absolute atomic E-state index is 0.0120. The summed E-state index contributed by atoms with van der Waals surface area (Å²) < 4.78 is 7.05. The quantitative estimate of drug-likeness (QED) is 0.325. The maximum absolute atomic E-state index is 12.2. The lowest BCUT2D eigenvalue weighted by atomic mass is 10.2. The average Bonchev–Trinajstić information content (AvgIpc) is 3.03. The minimum atomic E-state index is -0.464. The molecule has 0 aliphatic heterocycles. The zero-order chi connectivity index (χ0) is 19.4. The highest BCUT2D eigenvalue weighted by Crippen LogP contribution is 2.29. The summed E-state index contributed by atoms with van der Waals surface area (Å²) in [7, 11) is 0. The van der Waals surface area contributed by atoms with E-state index < -0.39 is 4.92 Å². The molecule has 0 unspecified atom stereocenters. The number of anilines is 1. The first kappa shape index (κ1) is 19.0. The Kier molecular flexibility index (Phi) is 5.82. The van der Waals surface area contributed by atoms with Gasteiger partial charge in [0.15, 0.2) is 5.13 Å². The standard InChI is InChI=1S/C18H14BrN3O4S/c1-2-26-15-7-4-12(19)9-11(15)3-8-17(23)21-18-20-14-6-5-13(22(24)25)10-16(14)27-18/h3-10H,2H2,1H3,(H,20,21,23)/b8-3+. The largest absolute Gasteiger partial charge is 0.493 e. The van der Waals surface area contributed by atoms with E-state index in [-0.39, 0.29) is 11.6 Å². The van der Waals surface area contributed by atoms with Gasteiger partial charge in [0, 0.05) is 28.2 Å². The van der Waals surface area contributed by atoms with E-state index in [9.17, 15) is 14.9 Å². The monoisotopic (exact) mass is 447 g/mol. The number of fused-ring (bicyclic) bond motifs is 1. The van der Waals surface area contributed by atoms with Gasteiger partial charge in [0.05, 0.1) is 21.7 Å². The molecule has 1 amide bonds. The molecular weight excluding hydrogens is 434 g/mol. The number of thiazole rings is 1. The number of nitro groups is 1. The summed E-state index contributed by atoms with van der Waals surface area (Å²) in [5.41, 5.74) is 1.35. The Bertz CT molecular complexity index is 1050. The SMILES string of the molecule is CCOc1ccc(Br)cc1/C=C/C(=O)Nc1nc2ccc([N+](=O)[O-])cc2s1. The van der Waals surface area contributed by atoms with Crippen molar-refractivity contribution in [2.75, 3.05) is 11.9 Å². The molecule has 1 heterocycles. The van der Waals surface area contributed by atoms with E-state index in [0.29, 0.717) is 27.7 Å². The maximum atomic E-state index is 12.2. The predicted molar refractivity (Wildman–Crippen MR) is 109 cm³/mol. The van der Waals surface area contributed by atoms with Gasteiger partial charge < -0.3 is 4.74 Å². The second kappa shape index (κ2) is 8.28. The van der Waals surface area contributed by atoms with Gasteiger partial charge in [-0.25, -0.2) is 4.98 Å². The normalized spacial score (nSPS) is 11.0. The van der Waals surface area contributed by atoms with Crippen molar-refractivity contribution in [3.63, 3.8) is 0 Å². The zero-order valence-electron chi connectivity index (χ0n) is 14.1. The molecule has 27 heavy (non-hydrogen) atoms. The molecule has 0 spiro atoms. The maximum Gasteiger partial charge on any atom is 0.270 e. The number of nitrogens with one attached hydrogen (secondary N) is 1. The Morgan fingerprint density at radius 3 is 2.93 bits per heavy atom. The number of carbonyl (C=O) groups excluding carboxylic acids is 1. The van der Waals surface area contributed by atoms with Gasteiger partial charge in [0.1, 0.15) is 5.75 Å². The number of halogens is 1. The van der Waals surface area contributed by atoms with Crippen LogP contribution < -0.4 is 10.1 Å². The van der Waals surface area contributed by atoms with Crippen LogP contribution in [0.15, 0.2) is 46.9 Å². The Morgan fingerprint density at radius 1 is 1.37 bits per heavy atom. The van der Waals surface area contributed by atoms with Crippen molar-refractivity contribution in [2.45, 2.75) is 6.92 Å². The molecular formula is C18H14BrN3O4S. The molecule has 3 rings (SSSR count). The van der Waals surface area contributed by atoms with Crippen molar-refractivity contribution in [3.8, 4) is 5.75 Å². The molecule has 0 bridgehead atoms. The van der Waals surface area contributed by atoms with Crippen LogP contribution in [0.25, 0.3) is 16.3 Å². The fourth-order valence-electron chi connectivity index (χ4n) is 2.33. The summed E-state index contributed by atoms with van der Waals surface area (Å²) in [5, 5.41) is 13.9. The summed E-state index contributed by atoms with van der Waals surface area (Å²) in [6.45, 7) is 2.41. The van der Waals surface area contributed by atoms with E-state index in [1.807, 2.05) is 25.1 Å². The number of non-ortho nitro benzene ring substituents is 1. The second-order valence-electron chi connectivity index (χ2n) is 5.37. The number of nitro benzene ring substituents is 1. The third-order valence-electron chi connectivity index (χ3n) is 3.50. The Labute approximate surface area is 167 Å². The minimum Gasteiger partial charge on any atom is -0.493 e. The number of hydrogen-bond donors (Lipinski definition) is 1. The van der Waals surface area contributed by atoms with Crippen LogP contribution in [0.3, 0.4) is 0 Å². The second-order valence-corrected chi connectivity index (χ2v) is 7.31. The zero-order valence-corrected chi connectivity index (χ0v) is 16.5. The highest BCUT2D eigenvalue weighted by Gasteiger charge is 2.11. The van der Waals surface area contributed by atoms with Crippen LogP contribution in [-0.2, 0) is 4.79 Å². The van der Waals surface area contributed by atoms with Crippen molar-refractivity contribution in [3.05, 3.63) is 62.6 Å². The molecule has 9 heteroatoms. The van der Waals surface area contributed by atoms with E-state index in [1.165, 1.54) is 29.5 Å².